The Morgan fingerprint density at radius 3 is 1.94 bits per heavy atom. The summed E-state index contributed by atoms with van der Waals surface area (Å²) < 4.78 is 24.8. The molecule has 0 aliphatic carbocycles. The minimum atomic E-state index is -0.952. The van der Waals surface area contributed by atoms with Crippen molar-refractivity contribution >= 4 is 19.5 Å². The second-order valence-corrected chi connectivity index (χ2v) is 13.4. The van der Waals surface area contributed by atoms with E-state index >= 15 is 0 Å². The summed E-state index contributed by atoms with van der Waals surface area (Å²) in [6.07, 6.45) is 1.51. The van der Waals surface area contributed by atoms with E-state index in [-0.39, 0.29) is 16.9 Å². The van der Waals surface area contributed by atoms with Gasteiger partial charge in [-0.15, -0.1) is 0 Å². The molecule has 0 aromatic heterocycles. The molecule has 31 heavy (non-hydrogen) atoms. The van der Waals surface area contributed by atoms with E-state index in [1.165, 1.54) is 16.7 Å². The van der Waals surface area contributed by atoms with Crippen LogP contribution in [0.4, 0.5) is 0 Å². The average molecular weight is 463 g/mol. The molecule has 1 fully saturated rings. The number of methoxy groups -OCH3 is 1. The molecule has 2 rings (SSSR count). The largest absolute Gasteiger partial charge is 0.540 e. The van der Waals surface area contributed by atoms with E-state index in [4.69, 9.17) is 18.3 Å². The zero-order valence-electron chi connectivity index (χ0n) is 21.5. The Hall–Kier alpha value is -0.666. The fourth-order valence-electron chi connectivity index (χ4n) is 5.03. The first-order valence-corrected chi connectivity index (χ1v) is 14.1. The highest BCUT2D eigenvalue weighted by molar-refractivity contribution is 6.48. The van der Waals surface area contributed by atoms with Gasteiger partial charge in [-0.1, -0.05) is 41.5 Å². The topological polar surface area (TPSA) is 36.9 Å². The van der Waals surface area contributed by atoms with Crippen LogP contribution in [-0.4, -0.2) is 39.8 Å². The van der Waals surface area contributed by atoms with Gasteiger partial charge in [0, 0.05) is 44.3 Å². The molecule has 4 radical (unpaired) electrons. The van der Waals surface area contributed by atoms with Crippen molar-refractivity contribution in [2.24, 2.45) is 5.41 Å². The van der Waals surface area contributed by atoms with Crippen LogP contribution in [0.1, 0.15) is 88.3 Å². The van der Waals surface area contributed by atoms with Crippen LogP contribution in [0.15, 0.2) is 0 Å². The van der Waals surface area contributed by atoms with E-state index in [0.717, 1.165) is 29.7 Å². The maximum atomic E-state index is 6.72. The van der Waals surface area contributed by atoms with Gasteiger partial charge >= 0.3 is 10.5 Å². The van der Waals surface area contributed by atoms with Gasteiger partial charge in [0.15, 0.2) is 0 Å². The maximum Gasteiger partial charge on any atom is 0.341 e. The van der Waals surface area contributed by atoms with E-state index in [0.29, 0.717) is 13.2 Å². The molecule has 0 saturated carbocycles. The number of hydrogen-bond acceptors (Lipinski definition) is 4. The van der Waals surface area contributed by atoms with Crippen LogP contribution in [0.25, 0.3) is 0 Å². The monoisotopic (exact) mass is 462 g/mol. The molecule has 0 spiro atoms. The molecule has 1 aliphatic rings. The summed E-state index contributed by atoms with van der Waals surface area (Å²) in [7, 11) is 4.33. The zero-order chi connectivity index (χ0) is 23.8. The Morgan fingerprint density at radius 2 is 1.55 bits per heavy atom. The van der Waals surface area contributed by atoms with E-state index in [2.05, 4.69) is 79.0 Å². The van der Waals surface area contributed by atoms with Gasteiger partial charge in [-0.25, -0.2) is 0 Å². The van der Waals surface area contributed by atoms with E-state index in [1.807, 2.05) is 7.11 Å². The minimum absolute atomic E-state index is 0.0701. The first-order valence-electron chi connectivity index (χ1n) is 11.3. The van der Waals surface area contributed by atoms with Gasteiger partial charge in [0.1, 0.15) is 11.4 Å². The standard InChI is InChI=1S/C25H42O4Si2/c1-16-17(2)20(25(26-9)12-14-27-15-13-25)21(28-30)18(19(16)23(3,4)5)22(24(6,7)8)29-31(10)11/h22H,12-15H2,1-11H3. The third kappa shape index (κ3) is 5.30. The van der Waals surface area contributed by atoms with Crippen LogP contribution in [0, 0.1) is 19.3 Å². The van der Waals surface area contributed by atoms with Gasteiger partial charge in [0.05, 0.1) is 6.10 Å². The number of benzene rings is 1. The van der Waals surface area contributed by atoms with Gasteiger partial charge in [0.25, 0.3) is 0 Å². The molecular weight excluding hydrogens is 420 g/mol. The lowest BCUT2D eigenvalue weighted by atomic mass is 9.70. The molecule has 0 N–H and O–H groups in total. The van der Waals surface area contributed by atoms with Crippen molar-refractivity contribution in [1.29, 1.82) is 0 Å². The van der Waals surface area contributed by atoms with Gasteiger partial charge in [-0.3, -0.25) is 0 Å². The zero-order valence-corrected chi connectivity index (χ0v) is 23.5. The average Bonchev–Trinajstić information content (AvgIpc) is 2.66. The molecule has 0 amide bonds. The molecule has 1 heterocycles. The number of rotatable bonds is 6. The quantitative estimate of drug-likeness (QED) is 0.481. The van der Waals surface area contributed by atoms with Crippen LogP contribution in [0.2, 0.25) is 13.1 Å². The van der Waals surface area contributed by atoms with Crippen molar-refractivity contribution in [1.82, 2.24) is 0 Å². The highest BCUT2D eigenvalue weighted by atomic mass is 28.3. The predicted octanol–water partition coefficient (Wildman–Crippen LogP) is 6.07. The summed E-state index contributed by atoms with van der Waals surface area (Å²) in [6, 6.07) is 0. The summed E-state index contributed by atoms with van der Waals surface area (Å²) >= 11 is 0. The smallest absolute Gasteiger partial charge is 0.341 e. The Labute approximate surface area is 195 Å². The van der Waals surface area contributed by atoms with Gasteiger partial charge in [-0.2, -0.15) is 0 Å². The highest BCUT2D eigenvalue weighted by Gasteiger charge is 2.44. The Bertz CT molecular complexity index is 769. The molecule has 174 valence electrons. The van der Waals surface area contributed by atoms with Crippen molar-refractivity contribution in [2.45, 2.75) is 98.4 Å². The van der Waals surface area contributed by atoms with E-state index in [9.17, 15) is 0 Å². The van der Waals surface area contributed by atoms with Crippen LogP contribution in [-0.2, 0) is 24.9 Å². The Morgan fingerprint density at radius 1 is 1.00 bits per heavy atom. The van der Waals surface area contributed by atoms with Crippen molar-refractivity contribution < 1.29 is 18.3 Å². The van der Waals surface area contributed by atoms with Gasteiger partial charge in [0.2, 0.25) is 9.04 Å². The predicted molar refractivity (Wildman–Crippen MR) is 131 cm³/mol. The van der Waals surface area contributed by atoms with Crippen LogP contribution in [0.5, 0.6) is 5.75 Å². The second-order valence-electron chi connectivity index (χ2n) is 11.2. The summed E-state index contributed by atoms with van der Waals surface area (Å²) in [5.41, 5.74) is 5.52. The molecule has 1 unspecified atom stereocenters. The molecule has 1 atom stereocenters. The number of hydrogen-bond donors (Lipinski definition) is 0. The lowest BCUT2D eigenvalue weighted by Gasteiger charge is -2.43. The Kier molecular flexibility index (Phi) is 8.30. The van der Waals surface area contributed by atoms with Crippen molar-refractivity contribution in [3.63, 3.8) is 0 Å². The lowest BCUT2D eigenvalue weighted by molar-refractivity contribution is -0.0959. The summed E-state index contributed by atoms with van der Waals surface area (Å²) in [5.74, 6) is 0.858. The van der Waals surface area contributed by atoms with Crippen molar-refractivity contribution in [2.75, 3.05) is 20.3 Å². The lowest BCUT2D eigenvalue weighted by Crippen LogP contribution is -2.38. The van der Waals surface area contributed by atoms with E-state index < -0.39 is 14.6 Å². The summed E-state index contributed by atoms with van der Waals surface area (Å²) in [5, 5.41) is 0. The van der Waals surface area contributed by atoms with Crippen LogP contribution in [0.3, 0.4) is 0 Å². The van der Waals surface area contributed by atoms with E-state index in [1.54, 1.807) is 0 Å². The first-order chi connectivity index (χ1) is 14.2. The fraction of sp³-hybridized carbons (Fsp3) is 0.760. The normalized spacial score (nSPS) is 18.4. The Balaban J connectivity index is 3.03. The van der Waals surface area contributed by atoms with Crippen LogP contribution < -0.4 is 4.43 Å². The highest BCUT2D eigenvalue weighted by Crippen LogP contribution is 2.53. The fourth-order valence-corrected chi connectivity index (χ4v) is 6.18. The SMILES string of the molecule is COC1(c2c(C)c(C)c(C(C)(C)C)c(C(O[Si](C)C)C(C)(C)C)c2O[Si])CCOCC1. The van der Waals surface area contributed by atoms with Crippen molar-refractivity contribution in [3.05, 3.63) is 27.8 Å². The third-order valence-corrected chi connectivity index (χ3v) is 7.37. The van der Waals surface area contributed by atoms with Gasteiger partial charge in [-0.05, 0) is 54.5 Å². The summed E-state index contributed by atoms with van der Waals surface area (Å²) in [6.45, 7) is 23.8. The minimum Gasteiger partial charge on any atom is -0.540 e. The molecule has 1 aromatic carbocycles. The molecule has 0 bridgehead atoms. The first kappa shape index (κ1) is 26.6. The second kappa shape index (κ2) is 9.68. The molecule has 6 heteroatoms. The maximum absolute atomic E-state index is 6.72. The molecule has 1 saturated heterocycles. The number of ether oxygens (including phenoxy) is 2. The van der Waals surface area contributed by atoms with Crippen molar-refractivity contribution in [3.8, 4) is 5.75 Å². The molecule has 4 nitrogen and oxygen atoms in total. The van der Waals surface area contributed by atoms with Gasteiger partial charge < -0.3 is 18.3 Å². The molecular formula is C25H42O4Si2. The van der Waals surface area contributed by atoms with Crippen LogP contribution >= 0.6 is 0 Å². The summed E-state index contributed by atoms with van der Waals surface area (Å²) in [4.78, 5) is 0. The molecule has 1 aromatic rings. The third-order valence-electron chi connectivity index (χ3n) is 6.45. The molecule has 1 aliphatic heterocycles.